The molecule has 0 heterocycles. The van der Waals surface area contributed by atoms with E-state index in [1.54, 1.807) is 39.1 Å². The summed E-state index contributed by atoms with van der Waals surface area (Å²) in [7, 11) is 1.63. The van der Waals surface area contributed by atoms with Crippen molar-refractivity contribution in [1.29, 1.82) is 0 Å². The fourth-order valence-corrected chi connectivity index (χ4v) is 1.55. The molecule has 1 amide bonds. The van der Waals surface area contributed by atoms with Gasteiger partial charge in [-0.15, -0.1) is 0 Å². The van der Waals surface area contributed by atoms with Gasteiger partial charge < -0.3 is 15.7 Å². The highest BCUT2D eigenvalue weighted by Gasteiger charge is 2.27. The minimum absolute atomic E-state index is 0.120. The lowest BCUT2D eigenvalue weighted by molar-refractivity contribution is 0.0473. The van der Waals surface area contributed by atoms with Crippen molar-refractivity contribution in [2.75, 3.05) is 19.4 Å². The number of nitrogen functional groups attached to an aromatic ring is 1. The Labute approximate surface area is 106 Å². The Hall–Kier alpha value is -1.26. The van der Waals surface area contributed by atoms with Crippen LogP contribution in [0.15, 0.2) is 18.2 Å². The van der Waals surface area contributed by atoms with Crippen LogP contribution in [0, 0.1) is 0 Å². The zero-order chi connectivity index (χ0) is 13.2. The van der Waals surface area contributed by atoms with E-state index in [0.29, 0.717) is 16.3 Å². The number of aliphatic hydroxyl groups is 1. The van der Waals surface area contributed by atoms with Crippen molar-refractivity contribution in [3.05, 3.63) is 28.8 Å². The van der Waals surface area contributed by atoms with Crippen molar-refractivity contribution < 1.29 is 9.90 Å². The van der Waals surface area contributed by atoms with Crippen LogP contribution in [0.25, 0.3) is 0 Å². The SMILES string of the molecule is CN(C(=O)c1cc(N)cc(Cl)c1)C(C)(C)CO. The van der Waals surface area contributed by atoms with E-state index in [1.165, 1.54) is 4.90 Å². The molecule has 0 saturated heterocycles. The van der Waals surface area contributed by atoms with Crippen LogP contribution in [-0.4, -0.2) is 35.1 Å². The molecule has 0 bridgehead atoms. The van der Waals surface area contributed by atoms with E-state index in [9.17, 15) is 9.90 Å². The van der Waals surface area contributed by atoms with E-state index in [4.69, 9.17) is 17.3 Å². The van der Waals surface area contributed by atoms with Gasteiger partial charge in [-0.1, -0.05) is 11.6 Å². The van der Waals surface area contributed by atoms with Gasteiger partial charge in [0.1, 0.15) is 0 Å². The molecule has 17 heavy (non-hydrogen) atoms. The number of nitrogens with zero attached hydrogens (tertiary/aromatic N) is 1. The minimum Gasteiger partial charge on any atom is -0.399 e. The number of likely N-dealkylation sites (N-methyl/N-ethyl adjacent to an activating group) is 1. The van der Waals surface area contributed by atoms with E-state index in [1.807, 2.05) is 0 Å². The van der Waals surface area contributed by atoms with Gasteiger partial charge in [-0.2, -0.15) is 0 Å². The molecule has 0 aliphatic carbocycles. The average molecular weight is 257 g/mol. The molecular weight excluding hydrogens is 240 g/mol. The molecule has 0 unspecified atom stereocenters. The topological polar surface area (TPSA) is 66.6 Å². The van der Waals surface area contributed by atoms with Crippen molar-refractivity contribution in [2.45, 2.75) is 19.4 Å². The lowest BCUT2D eigenvalue weighted by Crippen LogP contribution is -2.47. The third-order valence-electron chi connectivity index (χ3n) is 2.77. The predicted octanol–water partition coefficient (Wildman–Crippen LogP) is 1.77. The number of anilines is 1. The van der Waals surface area contributed by atoms with Crippen LogP contribution < -0.4 is 5.73 Å². The van der Waals surface area contributed by atoms with E-state index >= 15 is 0 Å². The molecular formula is C12H17ClN2O2. The standard InChI is InChI=1S/C12H17ClN2O2/c1-12(2,7-16)15(3)11(17)8-4-9(13)6-10(14)5-8/h4-6,16H,7,14H2,1-3H3. The number of aliphatic hydroxyl groups excluding tert-OH is 1. The summed E-state index contributed by atoms with van der Waals surface area (Å²) in [5.74, 6) is -0.224. The van der Waals surface area contributed by atoms with Crippen molar-refractivity contribution >= 4 is 23.2 Å². The van der Waals surface area contributed by atoms with Crippen LogP contribution >= 0.6 is 11.6 Å². The van der Waals surface area contributed by atoms with Gasteiger partial charge in [0, 0.05) is 23.3 Å². The summed E-state index contributed by atoms with van der Waals surface area (Å²) >= 11 is 5.85. The molecule has 1 aromatic carbocycles. The van der Waals surface area contributed by atoms with Gasteiger partial charge in [0.2, 0.25) is 0 Å². The van der Waals surface area contributed by atoms with Gasteiger partial charge >= 0.3 is 0 Å². The Morgan fingerprint density at radius 3 is 2.53 bits per heavy atom. The fraction of sp³-hybridized carbons (Fsp3) is 0.417. The Balaban J connectivity index is 3.04. The number of halogens is 1. The van der Waals surface area contributed by atoms with Gasteiger partial charge in [-0.25, -0.2) is 0 Å². The number of rotatable bonds is 3. The highest BCUT2D eigenvalue weighted by molar-refractivity contribution is 6.31. The van der Waals surface area contributed by atoms with Crippen LogP contribution in [0.3, 0.4) is 0 Å². The Bertz CT molecular complexity index is 412. The number of carbonyl (C=O) groups excluding carboxylic acids is 1. The molecule has 0 fully saturated rings. The normalized spacial score (nSPS) is 11.4. The summed E-state index contributed by atoms with van der Waals surface area (Å²) in [6.45, 7) is 3.43. The van der Waals surface area contributed by atoms with E-state index in [0.717, 1.165) is 0 Å². The van der Waals surface area contributed by atoms with Crippen LogP contribution in [0.4, 0.5) is 5.69 Å². The largest absolute Gasteiger partial charge is 0.399 e. The van der Waals surface area contributed by atoms with Gasteiger partial charge in [-0.05, 0) is 32.0 Å². The number of hydrogen-bond donors (Lipinski definition) is 2. The first kappa shape index (κ1) is 13.8. The molecule has 4 nitrogen and oxygen atoms in total. The summed E-state index contributed by atoms with van der Waals surface area (Å²) < 4.78 is 0. The first-order valence-corrected chi connectivity index (χ1v) is 5.61. The van der Waals surface area contributed by atoms with Crippen LogP contribution in [-0.2, 0) is 0 Å². The van der Waals surface area contributed by atoms with Crippen molar-refractivity contribution in [3.8, 4) is 0 Å². The quantitative estimate of drug-likeness (QED) is 0.810. The summed E-state index contributed by atoms with van der Waals surface area (Å²) in [5, 5.41) is 9.64. The maximum absolute atomic E-state index is 12.2. The Morgan fingerprint density at radius 1 is 1.47 bits per heavy atom. The minimum atomic E-state index is -0.631. The Kier molecular flexibility index (Phi) is 4.01. The average Bonchev–Trinajstić information content (AvgIpc) is 2.25. The number of hydrogen-bond acceptors (Lipinski definition) is 3. The third-order valence-corrected chi connectivity index (χ3v) is 2.98. The molecule has 1 rings (SSSR count). The van der Waals surface area contributed by atoms with E-state index < -0.39 is 5.54 Å². The fourth-order valence-electron chi connectivity index (χ4n) is 1.31. The molecule has 0 spiro atoms. The highest BCUT2D eigenvalue weighted by Crippen LogP contribution is 2.20. The van der Waals surface area contributed by atoms with Crippen LogP contribution in [0.2, 0.25) is 5.02 Å². The first-order valence-electron chi connectivity index (χ1n) is 5.23. The lowest BCUT2D eigenvalue weighted by Gasteiger charge is -2.34. The van der Waals surface area contributed by atoms with E-state index in [2.05, 4.69) is 0 Å². The van der Waals surface area contributed by atoms with Crippen LogP contribution in [0.1, 0.15) is 24.2 Å². The molecule has 0 aromatic heterocycles. The van der Waals surface area contributed by atoms with Gasteiger partial charge in [-0.3, -0.25) is 4.79 Å². The molecule has 94 valence electrons. The summed E-state index contributed by atoms with van der Waals surface area (Å²) in [5.41, 5.74) is 5.86. The predicted molar refractivity (Wildman–Crippen MR) is 69.1 cm³/mol. The van der Waals surface area contributed by atoms with Crippen LogP contribution in [0.5, 0.6) is 0 Å². The van der Waals surface area contributed by atoms with Crippen molar-refractivity contribution in [2.24, 2.45) is 0 Å². The molecule has 0 aliphatic heterocycles. The van der Waals surface area contributed by atoms with Gasteiger partial charge in [0.05, 0.1) is 12.1 Å². The van der Waals surface area contributed by atoms with Crippen molar-refractivity contribution in [3.63, 3.8) is 0 Å². The molecule has 0 aliphatic rings. The van der Waals surface area contributed by atoms with E-state index in [-0.39, 0.29) is 12.5 Å². The number of amides is 1. The number of benzene rings is 1. The third kappa shape index (κ3) is 3.11. The monoisotopic (exact) mass is 256 g/mol. The second kappa shape index (κ2) is 4.94. The smallest absolute Gasteiger partial charge is 0.254 e. The second-order valence-corrected chi connectivity index (χ2v) is 5.04. The molecule has 3 N–H and O–H groups in total. The maximum Gasteiger partial charge on any atom is 0.254 e. The summed E-state index contributed by atoms with van der Waals surface area (Å²) in [6, 6.07) is 4.71. The maximum atomic E-state index is 12.2. The Morgan fingerprint density at radius 2 is 2.06 bits per heavy atom. The van der Waals surface area contributed by atoms with Gasteiger partial charge in [0.15, 0.2) is 0 Å². The van der Waals surface area contributed by atoms with Crippen molar-refractivity contribution in [1.82, 2.24) is 4.90 Å². The first-order chi connectivity index (χ1) is 7.77. The zero-order valence-electron chi connectivity index (χ0n) is 10.2. The molecule has 0 radical (unpaired) electrons. The summed E-state index contributed by atoms with van der Waals surface area (Å²) in [6.07, 6.45) is 0. The number of carbonyl (C=O) groups is 1. The van der Waals surface area contributed by atoms with Gasteiger partial charge in [0.25, 0.3) is 5.91 Å². The summed E-state index contributed by atoms with van der Waals surface area (Å²) in [4.78, 5) is 13.6. The second-order valence-electron chi connectivity index (χ2n) is 4.61. The molecule has 5 heteroatoms. The zero-order valence-corrected chi connectivity index (χ0v) is 11.0. The lowest BCUT2D eigenvalue weighted by atomic mass is 10.0. The molecule has 0 saturated carbocycles. The number of nitrogens with two attached hydrogens (primary N) is 1. The highest BCUT2D eigenvalue weighted by atomic mass is 35.5. The molecule has 0 atom stereocenters. The molecule has 1 aromatic rings.